The first-order valence-electron chi connectivity index (χ1n) is 10.7. The van der Waals surface area contributed by atoms with Gasteiger partial charge in [0.1, 0.15) is 0 Å². The minimum Gasteiger partial charge on any atom is -0.383 e. The fourth-order valence-corrected chi connectivity index (χ4v) is 6.73. The molecule has 33 heavy (non-hydrogen) atoms. The lowest BCUT2D eigenvalue weighted by Gasteiger charge is -2.29. The zero-order valence-corrected chi connectivity index (χ0v) is 20.9. The maximum atomic E-state index is 13.0. The van der Waals surface area contributed by atoms with E-state index in [0.717, 1.165) is 15.8 Å². The van der Waals surface area contributed by atoms with Crippen LogP contribution in [0.25, 0.3) is 10.2 Å². The molecule has 0 aliphatic carbocycles. The van der Waals surface area contributed by atoms with Crippen molar-refractivity contribution in [1.29, 1.82) is 0 Å². The Morgan fingerprint density at radius 1 is 1.18 bits per heavy atom. The van der Waals surface area contributed by atoms with Gasteiger partial charge in [-0.15, -0.1) is 0 Å². The Morgan fingerprint density at radius 3 is 2.55 bits per heavy atom. The van der Waals surface area contributed by atoms with Gasteiger partial charge in [0.15, 0.2) is 4.80 Å². The molecule has 1 amide bonds. The highest BCUT2D eigenvalue weighted by Crippen LogP contribution is 2.26. The van der Waals surface area contributed by atoms with E-state index in [1.165, 1.54) is 15.6 Å². The number of benzene rings is 2. The van der Waals surface area contributed by atoms with Gasteiger partial charge in [-0.25, -0.2) is 8.42 Å². The number of halogens is 1. The Bertz CT molecular complexity index is 1320. The van der Waals surface area contributed by atoms with Crippen LogP contribution in [0.5, 0.6) is 0 Å². The van der Waals surface area contributed by atoms with Crippen LogP contribution in [0.3, 0.4) is 0 Å². The summed E-state index contributed by atoms with van der Waals surface area (Å²) in [6.07, 6.45) is 0.893. The molecular formula is C23H26ClN3O4S2. The Kier molecular flexibility index (Phi) is 7.35. The molecule has 10 heteroatoms. The number of hydrogen-bond donors (Lipinski definition) is 0. The summed E-state index contributed by atoms with van der Waals surface area (Å²) in [7, 11) is -1.93. The molecule has 2 aromatic carbocycles. The summed E-state index contributed by atoms with van der Waals surface area (Å²) in [5.41, 5.74) is 1.96. The monoisotopic (exact) mass is 507 g/mol. The van der Waals surface area contributed by atoms with Crippen molar-refractivity contribution in [2.75, 3.05) is 26.8 Å². The molecule has 0 saturated carbocycles. The van der Waals surface area contributed by atoms with E-state index in [-0.39, 0.29) is 16.7 Å². The molecule has 0 radical (unpaired) electrons. The van der Waals surface area contributed by atoms with Crippen molar-refractivity contribution in [1.82, 2.24) is 8.87 Å². The van der Waals surface area contributed by atoms with E-state index < -0.39 is 10.0 Å². The van der Waals surface area contributed by atoms with Gasteiger partial charge in [-0.3, -0.25) is 4.79 Å². The number of amides is 1. The van der Waals surface area contributed by atoms with Gasteiger partial charge in [0.25, 0.3) is 5.91 Å². The fourth-order valence-electron chi connectivity index (χ4n) is 3.92. The summed E-state index contributed by atoms with van der Waals surface area (Å²) >= 11 is 7.55. The van der Waals surface area contributed by atoms with E-state index in [4.69, 9.17) is 16.3 Å². The van der Waals surface area contributed by atoms with Gasteiger partial charge in [-0.1, -0.05) is 40.6 Å². The van der Waals surface area contributed by atoms with Crippen LogP contribution in [0.2, 0.25) is 5.02 Å². The Morgan fingerprint density at radius 2 is 1.88 bits per heavy atom. The highest BCUT2D eigenvalue weighted by Gasteiger charge is 2.32. The lowest BCUT2D eigenvalue weighted by Crippen LogP contribution is -2.40. The zero-order chi connectivity index (χ0) is 23.6. The molecule has 1 fully saturated rings. The highest BCUT2D eigenvalue weighted by molar-refractivity contribution is 7.89. The van der Waals surface area contributed by atoms with Gasteiger partial charge in [0.05, 0.1) is 21.7 Å². The largest absolute Gasteiger partial charge is 0.383 e. The minimum absolute atomic E-state index is 0.216. The Balaban J connectivity index is 1.52. The molecule has 1 aromatic heterocycles. The molecule has 1 saturated heterocycles. The Labute approximate surface area is 202 Å². The first-order valence-corrected chi connectivity index (χ1v) is 13.4. The SMILES string of the molecule is COCCn1c(=NC(=O)C2CCN(S(=O)(=O)c3ccc(C)cc3)CC2)sc2cc(Cl)ccc21. The molecular weight excluding hydrogens is 482 g/mol. The number of sulfonamides is 1. The van der Waals surface area contributed by atoms with Crippen molar-refractivity contribution >= 4 is 49.1 Å². The van der Waals surface area contributed by atoms with Crippen molar-refractivity contribution < 1.29 is 17.9 Å². The average Bonchev–Trinajstić information content (AvgIpc) is 3.13. The van der Waals surface area contributed by atoms with Gasteiger partial charge in [0, 0.05) is 37.7 Å². The lowest BCUT2D eigenvalue weighted by atomic mass is 9.98. The highest BCUT2D eigenvalue weighted by atomic mass is 35.5. The number of carbonyl (C=O) groups is 1. The third-order valence-corrected chi connectivity index (χ3v) is 9.02. The average molecular weight is 508 g/mol. The lowest BCUT2D eigenvalue weighted by molar-refractivity contribution is -0.122. The molecule has 0 unspecified atom stereocenters. The van der Waals surface area contributed by atoms with Crippen molar-refractivity contribution in [2.24, 2.45) is 10.9 Å². The summed E-state index contributed by atoms with van der Waals surface area (Å²) in [6, 6.07) is 12.4. The summed E-state index contributed by atoms with van der Waals surface area (Å²) in [4.78, 5) is 18.3. The number of fused-ring (bicyclic) bond motifs is 1. The zero-order valence-electron chi connectivity index (χ0n) is 18.5. The van der Waals surface area contributed by atoms with Crippen LogP contribution in [0.15, 0.2) is 52.4 Å². The number of aryl methyl sites for hydroxylation is 1. The molecule has 0 atom stereocenters. The van der Waals surface area contributed by atoms with Crippen LogP contribution in [0.1, 0.15) is 18.4 Å². The molecule has 7 nitrogen and oxygen atoms in total. The molecule has 176 valence electrons. The maximum Gasteiger partial charge on any atom is 0.251 e. The van der Waals surface area contributed by atoms with E-state index in [9.17, 15) is 13.2 Å². The third kappa shape index (κ3) is 5.22. The fraction of sp³-hybridized carbons (Fsp3) is 0.391. The topological polar surface area (TPSA) is 81.0 Å². The van der Waals surface area contributed by atoms with E-state index in [0.29, 0.717) is 48.9 Å². The first-order chi connectivity index (χ1) is 15.8. The molecule has 4 rings (SSSR count). The quantitative estimate of drug-likeness (QED) is 0.507. The third-order valence-electron chi connectivity index (χ3n) is 5.83. The van der Waals surface area contributed by atoms with Gasteiger partial charge < -0.3 is 9.30 Å². The summed E-state index contributed by atoms with van der Waals surface area (Å²) in [5, 5.41) is 0.627. The standard InChI is InChI=1S/C23H26ClN3O4S2/c1-16-3-6-19(7-4-16)33(29,30)26-11-9-17(10-12-26)22(28)25-23-27(13-14-31-2)20-8-5-18(24)15-21(20)32-23/h3-8,15,17H,9-14H2,1-2H3. The van der Waals surface area contributed by atoms with Crippen LogP contribution in [0.4, 0.5) is 0 Å². The molecule has 1 aliphatic heterocycles. The van der Waals surface area contributed by atoms with Crippen molar-refractivity contribution in [3.63, 3.8) is 0 Å². The van der Waals surface area contributed by atoms with Crippen molar-refractivity contribution in [3.05, 3.63) is 57.9 Å². The summed E-state index contributed by atoms with van der Waals surface area (Å²) in [6.45, 7) is 3.57. The molecule has 0 spiro atoms. The second kappa shape index (κ2) is 10.1. The van der Waals surface area contributed by atoms with Gasteiger partial charge in [0.2, 0.25) is 10.0 Å². The first kappa shape index (κ1) is 24.1. The summed E-state index contributed by atoms with van der Waals surface area (Å²) in [5.74, 6) is -0.523. The number of thiazole rings is 1. The minimum atomic E-state index is -3.56. The van der Waals surface area contributed by atoms with Gasteiger partial charge >= 0.3 is 0 Å². The van der Waals surface area contributed by atoms with Crippen molar-refractivity contribution in [2.45, 2.75) is 31.2 Å². The normalized spacial score (nSPS) is 16.5. The number of methoxy groups -OCH3 is 1. The van der Waals surface area contributed by atoms with E-state index in [1.54, 1.807) is 31.4 Å². The number of hydrogen-bond acceptors (Lipinski definition) is 5. The second-order valence-corrected chi connectivity index (χ2v) is 11.5. The van der Waals surface area contributed by atoms with Gasteiger partial charge in [-0.05, 0) is 50.1 Å². The van der Waals surface area contributed by atoms with Crippen LogP contribution < -0.4 is 4.80 Å². The van der Waals surface area contributed by atoms with E-state index in [1.807, 2.05) is 29.7 Å². The van der Waals surface area contributed by atoms with Crippen LogP contribution in [-0.4, -0.2) is 50.0 Å². The van der Waals surface area contributed by atoms with Crippen LogP contribution >= 0.6 is 22.9 Å². The number of piperidine rings is 1. The molecule has 3 aromatic rings. The van der Waals surface area contributed by atoms with E-state index in [2.05, 4.69) is 4.99 Å². The number of ether oxygens (including phenoxy) is 1. The number of rotatable bonds is 6. The number of nitrogens with zero attached hydrogens (tertiary/aromatic N) is 3. The molecule has 0 bridgehead atoms. The second-order valence-electron chi connectivity index (χ2n) is 8.08. The number of aromatic nitrogens is 1. The van der Waals surface area contributed by atoms with E-state index >= 15 is 0 Å². The smallest absolute Gasteiger partial charge is 0.251 e. The Hall–Kier alpha value is -2.04. The van der Waals surface area contributed by atoms with Gasteiger partial charge in [-0.2, -0.15) is 9.30 Å². The molecule has 1 aliphatic rings. The molecule has 2 heterocycles. The predicted octanol–water partition coefficient (Wildman–Crippen LogP) is 3.84. The molecule has 0 N–H and O–H groups in total. The predicted molar refractivity (Wildman–Crippen MR) is 130 cm³/mol. The van der Waals surface area contributed by atoms with Crippen LogP contribution in [-0.2, 0) is 26.1 Å². The maximum absolute atomic E-state index is 13.0. The number of carbonyl (C=O) groups excluding carboxylic acids is 1. The summed E-state index contributed by atoms with van der Waals surface area (Å²) < 4.78 is 35.5. The van der Waals surface area contributed by atoms with Crippen LogP contribution in [0, 0.1) is 12.8 Å². The van der Waals surface area contributed by atoms with Crippen molar-refractivity contribution in [3.8, 4) is 0 Å².